The molecule has 0 aromatic carbocycles. The zero-order valence-corrected chi connectivity index (χ0v) is 12.8. The summed E-state index contributed by atoms with van der Waals surface area (Å²) in [7, 11) is -3.33. The molecule has 0 atom stereocenters. The topological polar surface area (TPSA) is 66.0 Å². The highest BCUT2D eigenvalue weighted by Crippen LogP contribution is 2.21. The number of rotatable bonds is 3. The second-order valence-corrected chi connectivity index (χ2v) is 7.52. The molecule has 0 saturated carbocycles. The van der Waals surface area contributed by atoms with Crippen molar-refractivity contribution in [3.05, 3.63) is 11.6 Å². The lowest BCUT2D eigenvalue weighted by Gasteiger charge is -2.37. The molecule has 0 amide bonds. The number of thiazole rings is 1. The van der Waals surface area contributed by atoms with E-state index in [2.05, 4.69) is 9.88 Å². The number of hydrogen-bond acceptors (Lipinski definition) is 6. The highest BCUT2D eigenvalue weighted by atomic mass is 32.2. The third-order valence-electron chi connectivity index (χ3n) is 3.55. The van der Waals surface area contributed by atoms with Gasteiger partial charge in [-0.1, -0.05) is 0 Å². The summed E-state index contributed by atoms with van der Waals surface area (Å²) >= 11 is 1.59. The van der Waals surface area contributed by atoms with E-state index in [-0.39, 0.29) is 0 Å². The molecule has 7 nitrogen and oxygen atoms in total. The Balaban J connectivity index is 1.62. The van der Waals surface area contributed by atoms with Crippen LogP contribution in [-0.4, -0.2) is 74.5 Å². The standard InChI is InChI=1S/C11H18N4O3S2/c16-20(17,15-6-8-18-9-7-15)14-4-2-13(3-5-14)11-12-1-10-19-11/h1,10H,2-9H2. The molecule has 2 aliphatic heterocycles. The third-order valence-corrected chi connectivity index (χ3v) is 6.42. The maximum atomic E-state index is 12.5. The van der Waals surface area contributed by atoms with E-state index in [0.717, 1.165) is 5.13 Å². The lowest BCUT2D eigenvalue weighted by molar-refractivity contribution is 0.0700. The summed E-state index contributed by atoms with van der Waals surface area (Å²) in [5.74, 6) is 0. The van der Waals surface area contributed by atoms with Crippen LogP contribution in [0.5, 0.6) is 0 Å². The van der Waals surface area contributed by atoms with Gasteiger partial charge in [-0.05, 0) is 0 Å². The van der Waals surface area contributed by atoms with E-state index in [1.165, 1.54) is 4.31 Å². The Labute approximate surface area is 122 Å². The van der Waals surface area contributed by atoms with Crippen molar-refractivity contribution in [2.24, 2.45) is 0 Å². The molecule has 0 N–H and O–H groups in total. The lowest BCUT2D eigenvalue weighted by atomic mass is 10.4. The SMILES string of the molecule is O=S(=O)(N1CCOCC1)N1CCN(c2nccs2)CC1. The van der Waals surface area contributed by atoms with Crippen LogP contribution in [0.25, 0.3) is 0 Å². The molecule has 0 spiro atoms. The van der Waals surface area contributed by atoms with Gasteiger partial charge in [-0.25, -0.2) is 4.98 Å². The monoisotopic (exact) mass is 318 g/mol. The first-order valence-electron chi connectivity index (χ1n) is 6.65. The van der Waals surface area contributed by atoms with Gasteiger partial charge in [-0.3, -0.25) is 0 Å². The van der Waals surface area contributed by atoms with Crippen LogP contribution in [-0.2, 0) is 14.9 Å². The number of anilines is 1. The number of aromatic nitrogens is 1. The van der Waals surface area contributed by atoms with Gasteiger partial charge in [0.2, 0.25) is 0 Å². The molecule has 0 aliphatic carbocycles. The van der Waals surface area contributed by atoms with E-state index < -0.39 is 10.2 Å². The summed E-state index contributed by atoms with van der Waals surface area (Å²) < 4.78 is 33.3. The average Bonchev–Trinajstić information content (AvgIpc) is 3.02. The average molecular weight is 318 g/mol. The van der Waals surface area contributed by atoms with Crippen molar-refractivity contribution in [3.63, 3.8) is 0 Å². The summed E-state index contributed by atoms with van der Waals surface area (Å²) in [4.78, 5) is 6.40. The van der Waals surface area contributed by atoms with Gasteiger partial charge in [-0.2, -0.15) is 17.0 Å². The van der Waals surface area contributed by atoms with Gasteiger partial charge in [0.1, 0.15) is 0 Å². The molecule has 0 bridgehead atoms. The van der Waals surface area contributed by atoms with Crippen LogP contribution in [0, 0.1) is 0 Å². The summed E-state index contributed by atoms with van der Waals surface area (Å²) in [5, 5.41) is 2.90. The molecule has 3 heterocycles. The van der Waals surface area contributed by atoms with Gasteiger partial charge in [0.15, 0.2) is 5.13 Å². The number of ether oxygens (including phenoxy) is 1. The summed E-state index contributed by atoms with van der Waals surface area (Å²) in [6, 6.07) is 0. The zero-order chi connectivity index (χ0) is 14.0. The Kier molecular flexibility index (Phi) is 4.22. The molecule has 0 radical (unpaired) electrons. The first-order valence-corrected chi connectivity index (χ1v) is 8.93. The zero-order valence-electron chi connectivity index (χ0n) is 11.1. The van der Waals surface area contributed by atoms with E-state index in [9.17, 15) is 8.42 Å². The van der Waals surface area contributed by atoms with Crippen molar-refractivity contribution in [2.45, 2.75) is 0 Å². The number of nitrogens with zero attached hydrogens (tertiary/aromatic N) is 4. The fraction of sp³-hybridized carbons (Fsp3) is 0.727. The van der Waals surface area contributed by atoms with Gasteiger partial charge in [0, 0.05) is 50.8 Å². The summed E-state index contributed by atoms with van der Waals surface area (Å²) in [6.07, 6.45) is 1.77. The second kappa shape index (κ2) is 5.94. The van der Waals surface area contributed by atoms with Crippen molar-refractivity contribution in [1.82, 2.24) is 13.6 Å². The molecule has 1 aromatic rings. The van der Waals surface area contributed by atoms with E-state index in [1.807, 2.05) is 5.38 Å². The Morgan fingerprint density at radius 3 is 2.30 bits per heavy atom. The van der Waals surface area contributed by atoms with Crippen LogP contribution in [0.2, 0.25) is 0 Å². The Morgan fingerprint density at radius 2 is 1.70 bits per heavy atom. The maximum Gasteiger partial charge on any atom is 0.282 e. The Morgan fingerprint density at radius 1 is 1.05 bits per heavy atom. The fourth-order valence-electron chi connectivity index (χ4n) is 2.42. The van der Waals surface area contributed by atoms with Crippen LogP contribution >= 0.6 is 11.3 Å². The molecule has 2 saturated heterocycles. The molecule has 2 aliphatic rings. The van der Waals surface area contributed by atoms with Gasteiger partial charge < -0.3 is 9.64 Å². The molecule has 3 rings (SSSR count). The minimum Gasteiger partial charge on any atom is -0.379 e. The van der Waals surface area contributed by atoms with E-state index >= 15 is 0 Å². The first kappa shape index (κ1) is 14.2. The number of morpholine rings is 1. The van der Waals surface area contributed by atoms with Gasteiger partial charge in [-0.15, -0.1) is 11.3 Å². The minimum atomic E-state index is -3.33. The highest BCUT2D eigenvalue weighted by molar-refractivity contribution is 7.86. The predicted octanol–water partition coefficient (Wildman–Crippen LogP) is -0.158. The first-order chi connectivity index (χ1) is 9.68. The molecular weight excluding hydrogens is 300 g/mol. The molecule has 2 fully saturated rings. The molecular formula is C11H18N4O3S2. The van der Waals surface area contributed by atoms with Gasteiger partial charge in [0.25, 0.3) is 10.2 Å². The van der Waals surface area contributed by atoms with Crippen LogP contribution in [0.1, 0.15) is 0 Å². The predicted molar refractivity (Wildman–Crippen MR) is 77.2 cm³/mol. The minimum absolute atomic E-state index is 0.453. The third kappa shape index (κ3) is 2.82. The molecule has 20 heavy (non-hydrogen) atoms. The van der Waals surface area contributed by atoms with E-state index in [0.29, 0.717) is 52.5 Å². The summed E-state index contributed by atoms with van der Waals surface area (Å²) in [5.41, 5.74) is 0. The van der Waals surface area contributed by atoms with Crippen LogP contribution in [0.4, 0.5) is 5.13 Å². The molecule has 1 aromatic heterocycles. The number of piperazine rings is 1. The van der Waals surface area contributed by atoms with Crippen molar-refractivity contribution in [2.75, 3.05) is 57.4 Å². The normalized spacial score (nSPS) is 23.1. The van der Waals surface area contributed by atoms with Crippen LogP contribution in [0.15, 0.2) is 11.6 Å². The summed E-state index contributed by atoms with van der Waals surface area (Å²) in [6.45, 7) is 4.29. The van der Waals surface area contributed by atoms with Crippen molar-refractivity contribution in [3.8, 4) is 0 Å². The van der Waals surface area contributed by atoms with Gasteiger partial charge >= 0.3 is 0 Å². The number of hydrogen-bond donors (Lipinski definition) is 0. The largest absolute Gasteiger partial charge is 0.379 e. The Hall–Kier alpha value is -0.740. The quantitative estimate of drug-likeness (QED) is 0.775. The van der Waals surface area contributed by atoms with Crippen molar-refractivity contribution >= 4 is 26.7 Å². The maximum absolute atomic E-state index is 12.5. The molecule has 0 unspecified atom stereocenters. The molecule has 112 valence electrons. The van der Waals surface area contributed by atoms with Crippen LogP contribution in [0.3, 0.4) is 0 Å². The highest BCUT2D eigenvalue weighted by Gasteiger charge is 2.33. The Bertz CT molecular complexity index is 520. The lowest BCUT2D eigenvalue weighted by Crippen LogP contribution is -2.55. The van der Waals surface area contributed by atoms with Crippen molar-refractivity contribution < 1.29 is 13.2 Å². The van der Waals surface area contributed by atoms with Gasteiger partial charge in [0.05, 0.1) is 13.2 Å². The van der Waals surface area contributed by atoms with Crippen LogP contribution < -0.4 is 4.90 Å². The second-order valence-electron chi connectivity index (χ2n) is 4.72. The van der Waals surface area contributed by atoms with E-state index in [4.69, 9.17) is 4.74 Å². The fourth-order valence-corrected chi connectivity index (χ4v) is 4.68. The van der Waals surface area contributed by atoms with Crippen molar-refractivity contribution in [1.29, 1.82) is 0 Å². The smallest absolute Gasteiger partial charge is 0.282 e. The molecule has 9 heteroatoms. The van der Waals surface area contributed by atoms with E-state index in [1.54, 1.807) is 21.8 Å².